The monoisotopic (exact) mass is 427 g/mol. The molecule has 0 fully saturated rings. The van der Waals surface area contributed by atoms with Crippen LogP contribution in [-0.2, 0) is 17.8 Å². The van der Waals surface area contributed by atoms with Crippen molar-refractivity contribution < 1.29 is 9.59 Å². The van der Waals surface area contributed by atoms with Crippen LogP contribution in [0.5, 0.6) is 0 Å². The molecule has 1 aliphatic rings. The zero-order chi connectivity index (χ0) is 22.2. The molecule has 32 heavy (non-hydrogen) atoms. The van der Waals surface area contributed by atoms with Crippen molar-refractivity contribution in [2.45, 2.75) is 19.0 Å². The molecule has 0 aliphatic heterocycles. The van der Waals surface area contributed by atoms with Crippen molar-refractivity contribution >= 4 is 22.5 Å². The largest absolute Gasteiger partial charge is 0.353 e. The number of carbonyl (C=O) groups excluding carboxylic acids is 2. The Hall–Kier alpha value is -4.04. The Kier molecular flexibility index (Phi) is 4.91. The number of nitrogens with one attached hydrogen (secondary N) is 2. The van der Waals surface area contributed by atoms with Crippen LogP contribution in [0.4, 0.5) is 0 Å². The third-order valence-electron chi connectivity index (χ3n) is 5.80. The Bertz CT molecular complexity index is 1410. The smallest absolute Gasteiger partial charge is 0.259 e. The summed E-state index contributed by atoms with van der Waals surface area (Å²) in [5, 5.41) is 3.93. The molecule has 160 valence electrons. The van der Waals surface area contributed by atoms with Gasteiger partial charge in [-0.05, 0) is 6.07 Å². The first-order valence-electron chi connectivity index (χ1n) is 10.4. The van der Waals surface area contributed by atoms with E-state index in [0.717, 1.165) is 11.3 Å². The number of carbonyl (C=O) groups is 2. The van der Waals surface area contributed by atoms with Crippen LogP contribution >= 0.6 is 0 Å². The Morgan fingerprint density at radius 1 is 1.06 bits per heavy atom. The number of fused-ring (bicyclic) bond motifs is 5. The van der Waals surface area contributed by atoms with Crippen molar-refractivity contribution in [2.75, 3.05) is 6.54 Å². The Balaban J connectivity index is 1.46. The van der Waals surface area contributed by atoms with Crippen LogP contribution < -0.4 is 16.6 Å². The number of imidazole rings is 1. The predicted octanol–water partition coefficient (Wildman–Crippen LogP) is 1.62. The number of ketones is 1. The number of aromatic nitrogens is 3. The van der Waals surface area contributed by atoms with Gasteiger partial charge >= 0.3 is 0 Å². The van der Waals surface area contributed by atoms with Gasteiger partial charge in [0, 0.05) is 53.3 Å². The highest BCUT2D eigenvalue weighted by atomic mass is 16.2. The fourth-order valence-electron chi connectivity index (χ4n) is 4.29. The fraction of sp³-hybridized carbons (Fsp3) is 0.167. The number of benzene rings is 2. The van der Waals surface area contributed by atoms with Gasteiger partial charge in [0.25, 0.3) is 5.56 Å². The van der Waals surface area contributed by atoms with Gasteiger partial charge in [0.15, 0.2) is 5.78 Å². The number of nitrogens with zero attached hydrogens (tertiary/aromatic N) is 2. The molecule has 4 N–H and O–H groups in total. The molecule has 1 atom stereocenters. The normalized spacial score (nSPS) is 13.1. The molecular formula is C24H21N5O3. The van der Waals surface area contributed by atoms with E-state index in [9.17, 15) is 14.4 Å². The van der Waals surface area contributed by atoms with Gasteiger partial charge in [-0.15, -0.1) is 0 Å². The molecule has 0 radical (unpaired) electrons. The van der Waals surface area contributed by atoms with E-state index >= 15 is 0 Å². The molecule has 1 aliphatic carbocycles. The molecule has 0 saturated carbocycles. The molecule has 1 amide bonds. The molecule has 2 aromatic carbocycles. The summed E-state index contributed by atoms with van der Waals surface area (Å²) in [5.41, 5.74) is 9.01. The van der Waals surface area contributed by atoms with Crippen molar-refractivity contribution in [1.82, 2.24) is 19.9 Å². The lowest BCUT2D eigenvalue weighted by Crippen LogP contribution is -2.43. The van der Waals surface area contributed by atoms with Crippen LogP contribution in [0, 0.1) is 0 Å². The van der Waals surface area contributed by atoms with Crippen molar-refractivity contribution in [3.63, 3.8) is 0 Å². The van der Waals surface area contributed by atoms with Gasteiger partial charge in [-0.3, -0.25) is 14.4 Å². The van der Waals surface area contributed by atoms with E-state index in [-0.39, 0.29) is 30.3 Å². The van der Waals surface area contributed by atoms with Crippen molar-refractivity contribution in [2.24, 2.45) is 5.73 Å². The predicted molar refractivity (Wildman–Crippen MR) is 120 cm³/mol. The zero-order valence-corrected chi connectivity index (χ0v) is 17.2. The number of amides is 1. The van der Waals surface area contributed by atoms with Crippen molar-refractivity contribution in [1.29, 1.82) is 0 Å². The highest BCUT2D eigenvalue weighted by Gasteiger charge is 2.32. The SMILES string of the molecule is N[C@@H](Cc1cnc[nH]1)C(=O)NCCn1c2c(c3ccccc3c1=O)C(=O)c1ccccc1-2. The third-order valence-corrected chi connectivity index (χ3v) is 5.80. The van der Waals surface area contributed by atoms with Crippen molar-refractivity contribution in [3.05, 3.63) is 88.2 Å². The summed E-state index contributed by atoms with van der Waals surface area (Å²) in [6.45, 7) is 0.423. The average Bonchev–Trinajstić information content (AvgIpc) is 3.42. The number of nitrogens with two attached hydrogens (primary N) is 1. The Morgan fingerprint density at radius 3 is 2.53 bits per heavy atom. The Labute approximate surface area is 183 Å². The second-order valence-electron chi connectivity index (χ2n) is 7.78. The van der Waals surface area contributed by atoms with E-state index in [1.165, 1.54) is 6.33 Å². The van der Waals surface area contributed by atoms with Crippen molar-refractivity contribution in [3.8, 4) is 11.3 Å². The van der Waals surface area contributed by atoms with Crippen LogP contribution in [0.2, 0.25) is 0 Å². The molecular weight excluding hydrogens is 406 g/mol. The van der Waals surface area contributed by atoms with E-state index in [2.05, 4.69) is 15.3 Å². The van der Waals surface area contributed by atoms with Gasteiger partial charge in [0.1, 0.15) is 0 Å². The molecule has 5 rings (SSSR count). The van der Waals surface area contributed by atoms with E-state index in [0.29, 0.717) is 34.0 Å². The molecule has 2 aromatic heterocycles. The number of aromatic amines is 1. The van der Waals surface area contributed by atoms with E-state index in [4.69, 9.17) is 5.73 Å². The molecule has 8 nitrogen and oxygen atoms in total. The summed E-state index contributed by atoms with van der Waals surface area (Å²) in [4.78, 5) is 45.8. The minimum atomic E-state index is -0.739. The minimum absolute atomic E-state index is 0.0915. The third kappa shape index (κ3) is 3.21. The second kappa shape index (κ2) is 7.90. The number of rotatable bonds is 6. The maximum Gasteiger partial charge on any atom is 0.259 e. The maximum atomic E-state index is 13.3. The quantitative estimate of drug-likeness (QED) is 0.380. The van der Waals surface area contributed by atoms with Gasteiger partial charge < -0.3 is 20.6 Å². The highest BCUT2D eigenvalue weighted by Crippen LogP contribution is 2.38. The summed E-state index contributed by atoms with van der Waals surface area (Å²) in [6.07, 6.45) is 3.49. The molecule has 0 saturated heterocycles. The maximum absolute atomic E-state index is 13.3. The lowest BCUT2D eigenvalue weighted by molar-refractivity contribution is -0.122. The molecule has 4 aromatic rings. The second-order valence-corrected chi connectivity index (χ2v) is 7.78. The number of H-pyrrole nitrogens is 1. The molecule has 0 spiro atoms. The van der Waals surface area contributed by atoms with Crippen LogP contribution in [0.25, 0.3) is 22.0 Å². The molecule has 0 unspecified atom stereocenters. The van der Waals surface area contributed by atoms with Crippen LogP contribution in [-0.4, -0.2) is 38.8 Å². The summed E-state index contributed by atoms with van der Waals surface area (Å²) >= 11 is 0. The fourth-order valence-corrected chi connectivity index (χ4v) is 4.29. The van der Waals surface area contributed by atoms with Gasteiger partial charge in [-0.25, -0.2) is 4.98 Å². The zero-order valence-electron chi connectivity index (χ0n) is 17.2. The minimum Gasteiger partial charge on any atom is -0.353 e. The van der Waals surface area contributed by atoms with Gasteiger partial charge in [-0.2, -0.15) is 0 Å². The Morgan fingerprint density at radius 2 is 1.78 bits per heavy atom. The summed E-state index contributed by atoms with van der Waals surface area (Å²) in [5.74, 6) is -0.410. The van der Waals surface area contributed by atoms with E-state index < -0.39 is 6.04 Å². The van der Waals surface area contributed by atoms with Gasteiger partial charge in [-0.1, -0.05) is 42.5 Å². The first-order valence-corrected chi connectivity index (χ1v) is 10.4. The number of pyridine rings is 1. The lowest BCUT2D eigenvalue weighted by atomic mass is 10.0. The van der Waals surface area contributed by atoms with Crippen LogP contribution in [0.15, 0.2) is 65.8 Å². The molecule has 8 heteroatoms. The highest BCUT2D eigenvalue weighted by molar-refractivity contribution is 6.26. The van der Waals surface area contributed by atoms with Gasteiger partial charge in [0.05, 0.1) is 23.6 Å². The molecule has 0 bridgehead atoms. The average molecular weight is 427 g/mol. The summed E-state index contributed by atoms with van der Waals surface area (Å²) in [7, 11) is 0. The van der Waals surface area contributed by atoms with Crippen LogP contribution in [0.1, 0.15) is 21.6 Å². The summed E-state index contributed by atoms with van der Waals surface area (Å²) < 4.78 is 1.59. The number of hydrogen-bond acceptors (Lipinski definition) is 5. The first kappa shape index (κ1) is 19.9. The van der Waals surface area contributed by atoms with Crippen LogP contribution in [0.3, 0.4) is 0 Å². The lowest BCUT2D eigenvalue weighted by Gasteiger charge is -2.16. The number of hydrogen-bond donors (Lipinski definition) is 3. The first-order chi connectivity index (χ1) is 15.6. The summed E-state index contributed by atoms with van der Waals surface area (Å²) in [6, 6.07) is 13.7. The molecule has 2 heterocycles. The van der Waals surface area contributed by atoms with Gasteiger partial charge in [0.2, 0.25) is 5.91 Å². The topological polar surface area (TPSA) is 123 Å². The standard InChI is InChI=1S/C24H21N5O3/c25-19(11-14-12-26-13-28-14)23(31)27-9-10-29-21-16-6-2-3-7-17(16)22(30)20(21)15-5-1-4-8-18(15)24(29)32/h1-8,12-13,19H,9-11,25H2,(H,26,28)(H,27,31)/t19-/m0/s1. The van der Waals surface area contributed by atoms with E-state index in [1.54, 1.807) is 35.0 Å². The van der Waals surface area contributed by atoms with E-state index in [1.807, 2.05) is 24.3 Å².